The second-order valence-electron chi connectivity index (χ2n) is 5.57. The van der Waals surface area contributed by atoms with Gasteiger partial charge in [-0.1, -0.05) is 12.1 Å². The molecule has 2 N–H and O–H groups in total. The molecule has 4 rings (SSSR count). The fourth-order valence-corrected chi connectivity index (χ4v) is 3.70. The Morgan fingerprint density at radius 3 is 2.79 bits per heavy atom. The van der Waals surface area contributed by atoms with Gasteiger partial charge < -0.3 is 4.55 Å². The minimum atomic E-state index is -2.25. The summed E-state index contributed by atoms with van der Waals surface area (Å²) < 4.78 is 20.9. The first-order chi connectivity index (χ1) is 11.5. The highest BCUT2D eigenvalue weighted by atomic mass is 32.2. The summed E-state index contributed by atoms with van der Waals surface area (Å²) in [6, 6.07) is 4.01. The van der Waals surface area contributed by atoms with Gasteiger partial charge in [0.2, 0.25) is 11.8 Å². The number of carbonyl (C=O) groups is 3. The van der Waals surface area contributed by atoms with Crippen LogP contribution in [0.2, 0.25) is 0 Å². The first kappa shape index (κ1) is 14.9. The summed E-state index contributed by atoms with van der Waals surface area (Å²) in [7, 11) is 0. The van der Waals surface area contributed by atoms with Gasteiger partial charge in [-0.15, -0.1) is 0 Å². The standard InChI is InChI=1S/C15H11N3O5S/c19-11-5-4-9(14(20)17-11)18-13-12-7(10(6-16-13)24(22)23)2-1-3-8(12)15(18)21/h1-3,6,9H,4-5H2,(H,22,23)(H,17,19,20). The van der Waals surface area contributed by atoms with Gasteiger partial charge in [-0.25, -0.2) is 9.19 Å². The molecule has 0 aliphatic carbocycles. The smallest absolute Gasteiger partial charge is 0.260 e. The molecule has 24 heavy (non-hydrogen) atoms. The van der Waals surface area contributed by atoms with E-state index in [1.54, 1.807) is 18.2 Å². The van der Waals surface area contributed by atoms with Gasteiger partial charge in [0.25, 0.3) is 5.91 Å². The zero-order valence-corrected chi connectivity index (χ0v) is 13.0. The van der Waals surface area contributed by atoms with Crippen molar-refractivity contribution >= 4 is 45.4 Å². The fourth-order valence-electron chi connectivity index (χ4n) is 3.20. The molecule has 2 unspecified atom stereocenters. The minimum absolute atomic E-state index is 0.105. The molecule has 9 heteroatoms. The molecule has 2 aromatic rings. The van der Waals surface area contributed by atoms with Crippen LogP contribution in [0.5, 0.6) is 0 Å². The predicted octanol–water partition coefficient (Wildman–Crippen LogP) is 0.581. The average Bonchev–Trinajstić information content (AvgIpc) is 2.82. The zero-order chi connectivity index (χ0) is 17.0. The summed E-state index contributed by atoms with van der Waals surface area (Å²) in [6.07, 6.45) is 1.58. The topological polar surface area (TPSA) is 117 Å². The van der Waals surface area contributed by atoms with Crippen molar-refractivity contribution in [1.29, 1.82) is 0 Å². The molecule has 0 spiro atoms. The highest BCUT2D eigenvalue weighted by molar-refractivity contribution is 7.79. The lowest BCUT2D eigenvalue weighted by Gasteiger charge is -2.29. The van der Waals surface area contributed by atoms with E-state index in [0.29, 0.717) is 16.3 Å². The van der Waals surface area contributed by atoms with Crippen LogP contribution in [0.15, 0.2) is 29.3 Å². The fraction of sp³-hybridized carbons (Fsp3) is 0.200. The maximum atomic E-state index is 12.8. The third-order valence-electron chi connectivity index (χ3n) is 4.24. The van der Waals surface area contributed by atoms with Crippen LogP contribution in [0.25, 0.3) is 10.8 Å². The van der Waals surface area contributed by atoms with Crippen LogP contribution in [0.1, 0.15) is 23.2 Å². The summed E-state index contributed by atoms with van der Waals surface area (Å²) in [5, 5.41) is 3.12. The van der Waals surface area contributed by atoms with Crippen molar-refractivity contribution in [3.63, 3.8) is 0 Å². The molecule has 3 amide bonds. The van der Waals surface area contributed by atoms with Crippen LogP contribution < -0.4 is 10.2 Å². The molecule has 122 valence electrons. The predicted molar refractivity (Wildman–Crippen MR) is 83.8 cm³/mol. The summed E-state index contributed by atoms with van der Waals surface area (Å²) in [4.78, 5) is 41.8. The van der Waals surface area contributed by atoms with Gasteiger partial charge in [-0.2, -0.15) is 0 Å². The van der Waals surface area contributed by atoms with E-state index in [2.05, 4.69) is 10.3 Å². The Labute approximate surface area is 138 Å². The molecule has 1 fully saturated rings. The molecule has 1 saturated heterocycles. The van der Waals surface area contributed by atoms with Crippen molar-refractivity contribution in [1.82, 2.24) is 10.3 Å². The number of piperidine rings is 1. The van der Waals surface area contributed by atoms with Crippen molar-refractivity contribution < 1.29 is 23.1 Å². The van der Waals surface area contributed by atoms with E-state index in [1.807, 2.05) is 0 Å². The zero-order valence-electron chi connectivity index (χ0n) is 12.2. The molecule has 2 atom stereocenters. The van der Waals surface area contributed by atoms with Crippen molar-refractivity contribution in [2.75, 3.05) is 4.90 Å². The number of benzene rings is 1. The van der Waals surface area contributed by atoms with Gasteiger partial charge >= 0.3 is 0 Å². The maximum absolute atomic E-state index is 12.8. The molecule has 8 nitrogen and oxygen atoms in total. The number of hydrogen-bond donors (Lipinski definition) is 2. The number of rotatable bonds is 2. The molecular formula is C15H11N3O5S. The van der Waals surface area contributed by atoms with Crippen molar-refractivity contribution in [3.05, 3.63) is 30.0 Å². The second-order valence-corrected chi connectivity index (χ2v) is 6.50. The molecule has 2 aliphatic heterocycles. The van der Waals surface area contributed by atoms with E-state index in [0.717, 1.165) is 0 Å². The van der Waals surface area contributed by atoms with Gasteiger partial charge in [0, 0.05) is 23.4 Å². The summed E-state index contributed by atoms with van der Waals surface area (Å²) in [6.45, 7) is 0. The van der Waals surface area contributed by atoms with Gasteiger partial charge in [0.05, 0.1) is 10.5 Å². The second kappa shape index (κ2) is 5.18. The quantitative estimate of drug-likeness (QED) is 0.607. The molecule has 0 saturated carbocycles. The Kier molecular flexibility index (Phi) is 3.22. The minimum Gasteiger partial charge on any atom is -0.302 e. The average molecular weight is 345 g/mol. The largest absolute Gasteiger partial charge is 0.302 e. The number of pyridine rings is 1. The Morgan fingerprint density at radius 1 is 1.29 bits per heavy atom. The number of nitrogens with zero attached hydrogens (tertiary/aromatic N) is 2. The number of anilines is 1. The molecule has 1 aromatic heterocycles. The number of carbonyl (C=O) groups excluding carboxylic acids is 3. The van der Waals surface area contributed by atoms with Crippen molar-refractivity contribution in [3.8, 4) is 0 Å². The van der Waals surface area contributed by atoms with E-state index >= 15 is 0 Å². The number of hydrogen-bond acceptors (Lipinski definition) is 5. The number of amides is 3. The van der Waals surface area contributed by atoms with E-state index in [9.17, 15) is 23.1 Å². The Morgan fingerprint density at radius 2 is 2.08 bits per heavy atom. The number of imide groups is 1. The first-order valence-electron chi connectivity index (χ1n) is 7.19. The lowest BCUT2D eigenvalue weighted by atomic mass is 10.0. The van der Waals surface area contributed by atoms with Crippen LogP contribution in [0, 0.1) is 0 Å². The highest BCUT2D eigenvalue weighted by Crippen LogP contribution is 2.39. The Hall–Kier alpha value is -2.65. The van der Waals surface area contributed by atoms with Gasteiger partial charge in [0.1, 0.15) is 11.9 Å². The Bertz CT molecular complexity index is 958. The third-order valence-corrected chi connectivity index (χ3v) is 4.95. The normalized spacial score (nSPS) is 21.3. The summed E-state index contributed by atoms with van der Waals surface area (Å²) in [5.41, 5.74) is 0.326. The van der Waals surface area contributed by atoms with Crippen LogP contribution in [-0.4, -0.2) is 37.5 Å². The lowest BCUT2D eigenvalue weighted by Crippen LogP contribution is -2.53. The van der Waals surface area contributed by atoms with Crippen molar-refractivity contribution in [2.24, 2.45) is 0 Å². The van der Waals surface area contributed by atoms with Crippen LogP contribution >= 0.6 is 0 Å². The van der Waals surface area contributed by atoms with E-state index < -0.39 is 28.9 Å². The van der Waals surface area contributed by atoms with Gasteiger partial charge in [-0.05, 0) is 12.5 Å². The van der Waals surface area contributed by atoms with Crippen LogP contribution in [0.3, 0.4) is 0 Å². The molecule has 0 radical (unpaired) electrons. The van der Waals surface area contributed by atoms with E-state index in [-0.39, 0.29) is 29.5 Å². The summed E-state index contributed by atoms with van der Waals surface area (Å²) >= 11 is -2.25. The van der Waals surface area contributed by atoms with Gasteiger partial charge in [0.15, 0.2) is 11.1 Å². The monoisotopic (exact) mass is 345 g/mol. The molecule has 1 aromatic carbocycles. The third kappa shape index (κ3) is 1.98. The first-order valence-corrected chi connectivity index (χ1v) is 8.29. The van der Waals surface area contributed by atoms with Crippen molar-refractivity contribution in [2.45, 2.75) is 23.8 Å². The van der Waals surface area contributed by atoms with Gasteiger partial charge in [-0.3, -0.25) is 24.6 Å². The maximum Gasteiger partial charge on any atom is 0.260 e. The molecule has 0 bridgehead atoms. The number of aromatic nitrogens is 1. The van der Waals surface area contributed by atoms with E-state index in [4.69, 9.17) is 0 Å². The van der Waals surface area contributed by atoms with Crippen LogP contribution in [0.4, 0.5) is 5.82 Å². The Balaban J connectivity index is 1.90. The lowest BCUT2D eigenvalue weighted by molar-refractivity contribution is -0.134. The van der Waals surface area contributed by atoms with Crippen LogP contribution in [-0.2, 0) is 20.7 Å². The highest BCUT2D eigenvalue weighted by Gasteiger charge is 2.41. The molecule has 2 aliphatic rings. The SMILES string of the molecule is O=C1CCC(N2C(=O)c3cccc4c(S(=O)O)cnc2c34)C(=O)N1. The molecule has 3 heterocycles. The van der Waals surface area contributed by atoms with E-state index in [1.165, 1.54) is 11.1 Å². The number of nitrogens with one attached hydrogen (secondary N) is 1. The summed E-state index contributed by atoms with van der Waals surface area (Å²) in [5.74, 6) is -1.05. The molecular weight excluding hydrogens is 334 g/mol.